The summed E-state index contributed by atoms with van der Waals surface area (Å²) in [6, 6.07) is 31.0. The average molecular weight is 473 g/mol. The lowest BCUT2D eigenvalue weighted by Crippen LogP contribution is -2.09. The largest absolute Gasteiger partial charge is 0.423 e. The van der Waals surface area contributed by atoms with Crippen molar-refractivity contribution in [2.24, 2.45) is 0 Å². The molecular weight excluding hydrogens is 452 g/mol. The number of benzene rings is 4. The first kappa shape index (κ1) is 23.9. The molecule has 4 rings (SSSR count). The molecule has 0 aliphatic heterocycles. The number of carbonyl (C=O) groups is 2. The Balaban J connectivity index is 1.38. The van der Waals surface area contributed by atoms with E-state index >= 15 is 0 Å². The number of hydrogen-bond acceptors (Lipinski definition) is 6. The summed E-state index contributed by atoms with van der Waals surface area (Å²) in [6.45, 7) is 2.04. The third kappa shape index (κ3) is 5.64. The van der Waals surface area contributed by atoms with E-state index in [1.165, 1.54) is 0 Å². The van der Waals surface area contributed by atoms with E-state index in [1.807, 2.05) is 43.3 Å². The maximum absolute atomic E-state index is 12.4. The van der Waals surface area contributed by atoms with Gasteiger partial charge in [0.15, 0.2) is 0 Å². The molecule has 0 N–H and O–H groups in total. The van der Waals surface area contributed by atoms with Gasteiger partial charge in [-0.05, 0) is 83.9 Å². The highest BCUT2D eigenvalue weighted by Crippen LogP contribution is 2.25. The summed E-state index contributed by atoms with van der Waals surface area (Å²) >= 11 is 0. The van der Waals surface area contributed by atoms with E-state index in [2.05, 4.69) is 0 Å². The predicted molar refractivity (Wildman–Crippen MR) is 133 cm³/mol. The summed E-state index contributed by atoms with van der Waals surface area (Å²) in [5.74, 6) is -0.200. The lowest BCUT2D eigenvalue weighted by molar-refractivity contribution is 0.0725. The van der Waals surface area contributed by atoms with E-state index in [9.17, 15) is 9.59 Å². The Morgan fingerprint density at radius 1 is 0.583 bits per heavy atom. The van der Waals surface area contributed by atoms with E-state index < -0.39 is 11.9 Å². The second kappa shape index (κ2) is 10.8. The molecule has 0 saturated carbocycles. The van der Waals surface area contributed by atoms with Crippen molar-refractivity contribution in [3.8, 4) is 23.6 Å². The zero-order valence-corrected chi connectivity index (χ0v) is 19.3. The molecule has 4 aromatic rings. The minimum atomic E-state index is -0.482. The zero-order valence-electron chi connectivity index (χ0n) is 19.3. The van der Waals surface area contributed by atoms with Crippen molar-refractivity contribution in [3.05, 3.63) is 130 Å². The van der Waals surface area contributed by atoms with Crippen molar-refractivity contribution in [1.82, 2.24) is 0 Å². The zero-order chi connectivity index (χ0) is 25.5. The van der Waals surface area contributed by atoms with E-state index in [0.29, 0.717) is 33.8 Å². The van der Waals surface area contributed by atoms with Gasteiger partial charge in [0.05, 0.1) is 34.4 Å². The molecule has 0 radical (unpaired) electrons. The Labute approximate surface area is 208 Å². The van der Waals surface area contributed by atoms with Gasteiger partial charge in [-0.1, -0.05) is 31.2 Å². The maximum Gasteiger partial charge on any atom is 0.343 e. The number of esters is 2. The first-order valence-corrected chi connectivity index (χ1v) is 11.1. The summed E-state index contributed by atoms with van der Waals surface area (Å²) < 4.78 is 10.7. The lowest BCUT2D eigenvalue weighted by atomic mass is 9.92. The van der Waals surface area contributed by atoms with Crippen molar-refractivity contribution in [2.75, 3.05) is 0 Å². The SMILES string of the molecule is CC(c1ccc(C(=O)Oc2ccc(C#N)cc2)cc1)c1ccc(C(=O)Oc2ccc(C#N)cc2)cc1. The van der Waals surface area contributed by atoms with Gasteiger partial charge in [-0.25, -0.2) is 9.59 Å². The number of nitriles is 2. The molecule has 0 aromatic heterocycles. The van der Waals surface area contributed by atoms with Crippen LogP contribution in [0.5, 0.6) is 11.5 Å². The van der Waals surface area contributed by atoms with Crippen LogP contribution in [-0.2, 0) is 0 Å². The maximum atomic E-state index is 12.4. The van der Waals surface area contributed by atoms with Crippen molar-refractivity contribution in [3.63, 3.8) is 0 Å². The number of ether oxygens (including phenoxy) is 2. The molecule has 6 nitrogen and oxygen atoms in total. The smallest absolute Gasteiger partial charge is 0.343 e. The van der Waals surface area contributed by atoms with Crippen LogP contribution < -0.4 is 9.47 Å². The fourth-order valence-electron chi connectivity index (χ4n) is 3.54. The fraction of sp³-hybridized carbons (Fsp3) is 0.0667. The van der Waals surface area contributed by atoms with Crippen molar-refractivity contribution in [1.29, 1.82) is 10.5 Å². The van der Waals surface area contributed by atoms with Crippen LogP contribution in [0.15, 0.2) is 97.1 Å². The Kier molecular flexibility index (Phi) is 7.19. The number of nitrogens with zero attached hydrogens (tertiary/aromatic N) is 2. The molecule has 0 amide bonds. The minimum absolute atomic E-state index is 0.0252. The molecule has 0 bridgehead atoms. The van der Waals surface area contributed by atoms with Crippen LogP contribution >= 0.6 is 0 Å². The van der Waals surface area contributed by atoms with Crippen LogP contribution in [0.1, 0.15) is 55.8 Å². The van der Waals surface area contributed by atoms with E-state index in [4.69, 9.17) is 20.0 Å². The lowest BCUT2D eigenvalue weighted by Gasteiger charge is -2.14. The predicted octanol–water partition coefficient (Wildman–Crippen LogP) is 6.02. The van der Waals surface area contributed by atoms with Gasteiger partial charge in [-0.2, -0.15) is 10.5 Å². The Hall–Kier alpha value is -5.20. The first-order valence-electron chi connectivity index (χ1n) is 11.1. The highest BCUT2D eigenvalue weighted by Gasteiger charge is 2.14. The second-order valence-corrected chi connectivity index (χ2v) is 8.02. The summed E-state index contributed by atoms with van der Waals surface area (Å²) in [5.41, 5.74) is 3.80. The average Bonchev–Trinajstić information content (AvgIpc) is 2.93. The van der Waals surface area contributed by atoms with Crippen molar-refractivity contribution < 1.29 is 19.1 Å². The van der Waals surface area contributed by atoms with Crippen LogP contribution in [0.4, 0.5) is 0 Å². The third-order valence-corrected chi connectivity index (χ3v) is 5.68. The van der Waals surface area contributed by atoms with Crippen LogP contribution in [-0.4, -0.2) is 11.9 Å². The van der Waals surface area contributed by atoms with Gasteiger partial charge >= 0.3 is 11.9 Å². The minimum Gasteiger partial charge on any atom is -0.423 e. The monoisotopic (exact) mass is 472 g/mol. The molecule has 0 aliphatic rings. The Bertz CT molecular complexity index is 1340. The van der Waals surface area contributed by atoms with Gasteiger partial charge in [0.25, 0.3) is 0 Å². The molecule has 4 aromatic carbocycles. The van der Waals surface area contributed by atoms with Gasteiger partial charge in [0, 0.05) is 5.92 Å². The molecule has 0 aliphatic carbocycles. The summed E-state index contributed by atoms with van der Waals surface area (Å²) in [6.07, 6.45) is 0. The number of carbonyl (C=O) groups excluding carboxylic acids is 2. The molecule has 174 valence electrons. The van der Waals surface area contributed by atoms with Gasteiger partial charge in [-0.15, -0.1) is 0 Å². The van der Waals surface area contributed by atoms with Crippen molar-refractivity contribution >= 4 is 11.9 Å². The summed E-state index contributed by atoms with van der Waals surface area (Å²) in [5, 5.41) is 17.7. The molecule has 0 fully saturated rings. The molecule has 0 spiro atoms. The molecule has 36 heavy (non-hydrogen) atoms. The quantitative estimate of drug-likeness (QED) is 0.251. The standard InChI is InChI=1S/C30H20N2O4/c1-20(23-6-10-25(11-7-23)29(33)35-27-14-2-21(18-31)3-15-27)24-8-12-26(13-9-24)30(34)36-28-16-4-22(19-32)5-17-28/h2-17,20H,1H3. The molecule has 0 heterocycles. The molecule has 0 unspecified atom stereocenters. The topological polar surface area (TPSA) is 100 Å². The van der Waals surface area contributed by atoms with Crippen LogP contribution in [0.25, 0.3) is 0 Å². The fourth-order valence-corrected chi connectivity index (χ4v) is 3.54. The van der Waals surface area contributed by atoms with Gasteiger partial charge in [0.1, 0.15) is 11.5 Å². The van der Waals surface area contributed by atoms with Gasteiger partial charge < -0.3 is 9.47 Å². The van der Waals surface area contributed by atoms with Gasteiger partial charge in [-0.3, -0.25) is 0 Å². The van der Waals surface area contributed by atoms with Crippen LogP contribution in [0.2, 0.25) is 0 Å². The molecule has 0 atom stereocenters. The molecule has 0 saturated heterocycles. The Morgan fingerprint density at radius 2 is 0.917 bits per heavy atom. The summed E-state index contributed by atoms with van der Waals surface area (Å²) in [4.78, 5) is 24.9. The molecular formula is C30H20N2O4. The first-order chi connectivity index (χ1) is 17.5. The highest BCUT2D eigenvalue weighted by molar-refractivity contribution is 5.91. The number of rotatable bonds is 6. The summed E-state index contributed by atoms with van der Waals surface area (Å²) in [7, 11) is 0. The highest BCUT2D eigenvalue weighted by atomic mass is 16.5. The van der Waals surface area contributed by atoms with Gasteiger partial charge in [0.2, 0.25) is 0 Å². The molecule has 6 heteroatoms. The number of hydrogen-bond donors (Lipinski definition) is 0. The van der Waals surface area contributed by atoms with Crippen LogP contribution in [0.3, 0.4) is 0 Å². The van der Waals surface area contributed by atoms with Crippen LogP contribution in [0, 0.1) is 22.7 Å². The van der Waals surface area contributed by atoms with E-state index in [-0.39, 0.29) is 5.92 Å². The second-order valence-electron chi connectivity index (χ2n) is 8.02. The van der Waals surface area contributed by atoms with Crippen molar-refractivity contribution in [2.45, 2.75) is 12.8 Å². The Morgan fingerprint density at radius 3 is 1.22 bits per heavy atom. The van der Waals surface area contributed by atoms with E-state index in [1.54, 1.807) is 72.8 Å². The third-order valence-electron chi connectivity index (χ3n) is 5.68. The van der Waals surface area contributed by atoms with E-state index in [0.717, 1.165) is 11.1 Å². The normalized spacial score (nSPS) is 10.2.